The summed E-state index contributed by atoms with van der Waals surface area (Å²) in [6.45, 7) is 0. The number of anilines is 5. The zero-order chi connectivity index (χ0) is 98.2. The van der Waals surface area contributed by atoms with Gasteiger partial charge < -0.3 is 28.2 Å². The maximum Gasteiger partial charge on any atom is 0.136 e. The lowest BCUT2D eigenvalue weighted by Crippen LogP contribution is -2.10. The van der Waals surface area contributed by atoms with Crippen LogP contribution in [0.3, 0.4) is 0 Å². The maximum absolute atomic E-state index is 6.27. The van der Waals surface area contributed by atoms with E-state index in [1.54, 1.807) is 0 Å². The van der Waals surface area contributed by atoms with Crippen molar-refractivity contribution < 1.29 is 13.2 Å². The Kier molecular flexibility index (Phi) is 22.4. The summed E-state index contributed by atoms with van der Waals surface area (Å²) < 4.78 is 47.1. The summed E-state index contributed by atoms with van der Waals surface area (Å²) in [6.07, 6.45) is 0. The molecule has 6 aromatic heterocycles. The Labute approximate surface area is 857 Å². The van der Waals surface area contributed by atoms with Crippen LogP contribution in [0.2, 0.25) is 0 Å². The van der Waals surface area contributed by atoms with E-state index in [9.17, 15) is 0 Å². The Morgan fingerprint density at radius 1 is 0.221 bits per heavy atom. The van der Waals surface area contributed by atoms with E-state index in [1.807, 2.05) is 36.4 Å². The first-order valence-corrected chi connectivity index (χ1v) is 50.7. The standard InChI is InChI=1S/C66H42N4OS.C36H22BrN3S.C30H21NO.2H2/c1-4-12-43(13-5-1)46-20-29-52(30-21-46)69(53-31-22-47(23-32-53)51-26-35-57-56-18-10-11-19-63(56)71-64(57)42-51)62-39-36-55(65-66(62)68-72-67-65)48-24-33-54(34-25-48)70-60-37-27-49(44-14-6-2-7-15-44)40-58(60)59-41-50(28-38-61(59)70)45-16-8-3-9-17-45;37-32-18-17-29(35-36(32)39-41-38-35)25-11-15-28(16-12-25)40-33-19-13-26(23-7-3-1-4-8-23)21-30(33)31-22-27(14-20-34(31)40)24-9-5-2-6-10-24;1-2-6-21(7-3-1)22-10-15-25(16-11-22)31-26-17-12-23(13-18-26)24-14-19-28-27-8-4-5-9-29(27)32-30(28)20-24;;/h1-42H;1-22H;1-20,31H;2*1H/i;;;1+1D;1+1. The molecule has 0 unspecified atom stereocenters. The smallest absolute Gasteiger partial charge is 0.136 e. The number of benzene rings is 22. The van der Waals surface area contributed by atoms with Gasteiger partial charge in [0.25, 0.3) is 0 Å². The third-order valence-corrected chi connectivity index (χ3v) is 29.5. The minimum absolute atomic E-state index is 0. The molecule has 0 aliphatic rings. The highest BCUT2D eigenvalue weighted by atomic mass is 79.9. The minimum atomic E-state index is 0. The molecular formula is C132H89BrN8O2S2. The fraction of sp³-hybridized carbons (Fsp3) is 0. The number of hydrogen-bond acceptors (Lipinski definition) is 10. The van der Waals surface area contributed by atoms with E-state index in [1.165, 1.54) is 117 Å². The molecule has 10 nitrogen and oxygen atoms in total. The van der Waals surface area contributed by atoms with Crippen LogP contribution in [-0.2, 0) is 0 Å². The Balaban J connectivity index is 0.000000129. The Bertz CT molecular complexity index is 9510. The molecule has 22 aromatic carbocycles. The van der Waals surface area contributed by atoms with Gasteiger partial charge in [-0.3, -0.25) is 0 Å². The molecule has 6 heterocycles. The van der Waals surface area contributed by atoms with Crippen LogP contribution >= 0.6 is 39.4 Å². The van der Waals surface area contributed by atoms with Gasteiger partial charge in [-0.2, -0.15) is 17.5 Å². The van der Waals surface area contributed by atoms with Crippen LogP contribution in [0.5, 0.6) is 0 Å². The molecule has 1 N–H and O–H groups in total. The van der Waals surface area contributed by atoms with Gasteiger partial charge in [-0.05, 0) is 292 Å². The lowest BCUT2D eigenvalue weighted by molar-refractivity contribution is 0.668. The highest BCUT2D eigenvalue weighted by molar-refractivity contribution is 9.10. The minimum Gasteiger partial charge on any atom is -0.456 e. The molecule has 0 aliphatic carbocycles. The van der Waals surface area contributed by atoms with E-state index < -0.39 is 0 Å². The van der Waals surface area contributed by atoms with Gasteiger partial charge in [-0.25, -0.2) is 0 Å². The molecular weight excluding hydrogens is 1870 g/mol. The SMILES string of the molecule is Brc1ccc(-c2ccc(-n3c4ccc(-c5ccccc5)cc4c4cc(-c5ccccc5)ccc43)cc2)c2nsnc12.[2HH].[2H][2H].c1ccc(-c2ccc(N(c3ccc(-c4ccc5c(c4)oc4ccccc45)cc3)c3ccc(-c4ccc(-n5c6ccc(-c7ccccc7)cc6c6cc(-c7ccccc7)ccc65)cc4)c4nsnc34)cc2)cc1.c1ccc(-c2ccc(Nc3ccc(-c4ccc5c(c4)oc4ccccc45)cc3)cc2)cc1. The van der Waals surface area contributed by atoms with Crippen molar-refractivity contribution in [1.82, 2.24) is 26.6 Å². The fourth-order valence-corrected chi connectivity index (χ4v) is 22.2. The largest absolute Gasteiger partial charge is 0.456 e. The Hall–Kier alpha value is -18.2. The molecule has 0 saturated carbocycles. The number of rotatable bonds is 17. The van der Waals surface area contributed by atoms with Crippen molar-refractivity contribution in [3.05, 3.63) is 514 Å². The first-order valence-electron chi connectivity index (χ1n) is 49.4. The van der Waals surface area contributed by atoms with E-state index in [0.29, 0.717) is 0 Å². The van der Waals surface area contributed by atoms with Crippen molar-refractivity contribution in [2.75, 3.05) is 10.2 Å². The molecule has 28 rings (SSSR count). The topological polar surface area (TPSA) is 103 Å². The summed E-state index contributed by atoms with van der Waals surface area (Å²) in [5.41, 5.74) is 42.5. The molecule has 0 spiro atoms. The van der Waals surface area contributed by atoms with Crippen molar-refractivity contribution >= 4 is 177 Å². The van der Waals surface area contributed by atoms with Crippen LogP contribution in [-0.4, -0.2) is 26.6 Å². The number of fused-ring (bicyclic) bond motifs is 14. The zero-order valence-electron chi connectivity index (χ0n) is 80.1. The molecule has 688 valence electrons. The Morgan fingerprint density at radius 3 is 0.862 bits per heavy atom. The summed E-state index contributed by atoms with van der Waals surface area (Å²) in [4.78, 5) is 2.30. The molecule has 13 heteroatoms. The quantitative estimate of drug-likeness (QED) is 0.0962. The van der Waals surface area contributed by atoms with E-state index in [0.717, 1.165) is 171 Å². The lowest BCUT2D eigenvalue weighted by atomic mass is 10.0. The molecule has 0 aliphatic heterocycles. The number of hydrogen-bond donors (Lipinski definition) is 1. The van der Waals surface area contributed by atoms with Crippen LogP contribution in [0, 0.1) is 0 Å². The molecule has 0 amide bonds. The van der Waals surface area contributed by atoms with Crippen LogP contribution in [0.25, 0.3) is 232 Å². The predicted molar refractivity (Wildman–Crippen MR) is 615 cm³/mol. The zero-order valence-corrected chi connectivity index (χ0v) is 81.4. The molecule has 0 bridgehead atoms. The van der Waals surface area contributed by atoms with Crippen LogP contribution in [0.15, 0.2) is 523 Å². The maximum atomic E-state index is 6.27. The first kappa shape index (κ1) is 85.9. The predicted octanol–water partition coefficient (Wildman–Crippen LogP) is 38.2. The molecule has 0 saturated heterocycles. The number of aromatic nitrogens is 6. The highest BCUT2D eigenvalue weighted by Crippen LogP contribution is 2.47. The summed E-state index contributed by atoms with van der Waals surface area (Å²) in [6, 6.07) is 181. The number of para-hydroxylation sites is 2. The van der Waals surface area contributed by atoms with Gasteiger partial charge in [-0.15, -0.1) is 0 Å². The Morgan fingerprint density at radius 2 is 0.490 bits per heavy atom. The van der Waals surface area contributed by atoms with E-state index in [2.05, 4.69) is 517 Å². The average molecular weight is 1970 g/mol. The monoisotopic (exact) mass is 1960 g/mol. The van der Waals surface area contributed by atoms with E-state index in [4.69, 9.17) is 20.6 Å². The van der Waals surface area contributed by atoms with Crippen LogP contribution in [0.1, 0.15) is 4.40 Å². The molecule has 145 heavy (non-hydrogen) atoms. The second kappa shape index (κ2) is 37.7. The number of nitrogens with one attached hydrogen (secondary N) is 1. The summed E-state index contributed by atoms with van der Waals surface area (Å²) in [5, 5.41) is 13.0. The van der Waals surface area contributed by atoms with Crippen molar-refractivity contribution in [2.45, 2.75) is 0 Å². The van der Waals surface area contributed by atoms with Crippen LogP contribution in [0.4, 0.5) is 28.4 Å². The molecule has 28 aromatic rings. The number of furan rings is 2. The molecule has 0 radical (unpaired) electrons. The van der Waals surface area contributed by atoms with Gasteiger partial charge in [0.15, 0.2) is 0 Å². The summed E-state index contributed by atoms with van der Waals surface area (Å²) in [7, 11) is 0. The van der Waals surface area contributed by atoms with Crippen molar-refractivity contribution in [2.24, 2.45) is 0 Å². The number of halogens is 1. The van der Waals surface area contributed by atoms with Gasteiger partial charge in [-0.1, -0.05) is 334 Å². The molecule has 0 fully saturated rings. The van der Waals surface area contributed by atoms with Gasteiger partial charge in [0, 0.05) is 97.2 Å². The third kappa shape index (κ3) is 16.7. The van der Waals surface area contributed by atoms with Gasteiger partial charge in [0.1, 0.15) is 44.4 Å². The van der Waals surface area contributed by atoms with Gasteiger partial charge in [0.05, 0.1) is 51.2 Å². The summed E-state index contributed by atoms with van der Waals surface area (Å²) >= 11 is 6.10. The van der Waals surface area contributed by atoms with E-state index in [-0.39, 0.29) is 1.43 Å². The third-order valence-electron chi connectivity index (χ3n) is 27.8. The van der Waals surface area contributed by atoms with Crippen molar-refractivity contribution in [1.29, 1.82) is 0 Å². The van der Waals surface area contributed by atoms with Crippen molar-refractivity contribution in [3.63, 3.8) is 0 Å². The fourth-order valence-electron chi connectivity index (χ4n) is 20.5. The molecule has 0 atom stereocenters. The normalized spacial score (nSPS) is 11.5. The first-order chi connectivity index (χ1) is 72.8. The average Bonchev–Trinajstić information content (AvgIpc) is 1.58. The lowest BCUT2D eigenvalue weighted by Gasteiger charge is -2.26. The highest BCUT2D eigenvalue weighted by Gasteiger charge is 2.25. The van der Waals surface area contributed by atoms with Gasteiger partial charge in [0.2, 0.25) is 0 Å². The van der Waals surface area contributed by atoms with Gasteiger partial charge >= 0.3 is 0 Å². The summed E-state index contributed by atoms with van der Waals surface area (Å²) in [5.74, 6) is 0. The van der Waals surface area contributed by atoms with E-state index >= 15 is 0 Å². The second-order valence-electron chi connectivity index (χ2n) is 36.4. The number of nitrogens with zero attached hydrogens (tertiary/aromatic N) is 7. The second-order valence-corrected chi connectivity index (χ2v) is 38.3. The van der Waals surface area contributed by atoms with Crippen molar-refractivity contribution in [3.8, 4) is 123 Å². The van der Waals surface area contributed by atoms with Crippen LogP contribution < -0.4 is 10.2 Å².